The number of carbonyl (C=O) groups is 1. The molecule has 1 aromatic heterocycles. The average molecular weight is 415 g/mol. The monoisotopic (exact) mass is 414 g/mol. The molecule has 1 saturated heterocycles. The third kappa shape index (κ3) is 4.65. The molecule has 2 heterocycles. The van der Waals surface area contributed by atoms with Gasteiger partial charge in [-0.1, -0.05) is 18.2 Å². The Hall–Kier alpha value is -2.71. The number of rotatable bonds is 5. The van der Waals surface area contributed by atoms with Gasteiger partial charge in [-0.2, -0.15) is 0 Å². The number of hydrogen-bond acceptors (Lipinski definition) is 5. The molecule has 4 rings (SSSR count). The highest BCUT2D eigenvalue weighted by Gasteiger charge is 2.21. The third-order valence-corrected chi connectivity index (χ3v) is 6.05. The van der Waals surface area contributed by atoms with E-state index in [9.17, 15) is 9.18 Å². The lowest BCUT2D eigenvalue weighted by Gasteiger charge is -2.34. The Morgan fingerprint density at radius 1 is 1.21 bits per heavy atom. The Kier molecular flexibility index (Phi) is 5.92. The molecule has 152 valence electrons. The van der Waals surface area contributed by atoms with Gasteiger partial charge in [0.1, 0.15) is 5.01 Å². The van der Waals surface area contributed by atoms with E-state index in [2.05, 4.69) is 15.2 Å². The summed E-state index contributed by atoms with van der Waals surface area (Å²) in [5, 5.41) is 3.87. The molecule has 0 saturated carbocycles. The zero-order valence-corrected chi connectivity index (χ0v) is 17.0. The van der Waals surface area contributed by atoms with Crippen molar-refractivity contribution in [2.45, 2.75) is 13.1 Å². The fourth-order valence-corrected chi connectivity index (χ4v) is 4.34. The van der Waals surface area contributed by atoms with Gasteiger partial charge in [0.2, 0.25) is 0 Å². The van der Waals surface area contributed by atoms with E-state index in [0.717, 1.165) is 33.9 Å². The highest BCUT2D eigenvalue weighted by Crippen LogP contribution is 2.21. The highest BCUT2D eigenvalue weighted by molar-refractivity contribution is 7.18. The molecule has 0 radical (unpaired) electrons. The van der Waals surface area contributed by atoms with Gasteiger partial charge in [0.15, 0.2) is 11.6 Å². The van der Waals surface area contributed by atoms with Gasteiger partial charge in [0.25, 0.3) is 0 Å². The summed E-state index contributed by atoms with van der Waals surface area (Å²) in [7, 11) is 1.46. The maximum Gasteiger partial charge on any atom is 0.317 e. The van der Waals surface area contributed by atoms with Gasteiger partial charge in [-0.3, -0.25) is 4.90 Å². The van der Waals surface area contributed by atoms with Crippen molar-refractivity contribution in [1.82, 2.24) is 20.1 Å². The van der Waals surface area contributed by atoms with Crippen LogP contribution in [0.2, 0.25) is 0 Å². The van der Waals surface area contributed by atoms with Gasteiger partial charge in [0, 0.05) is 32.7 Å². The van der Waals surface area contributed by atoms with Crippen LogP contribution in [0.1, 0.15) is 10.6 Å². The highest BCUT2D eigenvalue weighted by atomic mass is 32.1. The van der Waals surface area contributed by atoms with E-state index >= 15 is 0 Å². The topological polar surface area (TPSA) is 57.7 Å². The summed E-state index contributed by atoms with van der Waals surface area (Å²) in [6.07, 6.45) is 0. The van der Waals surface area contributed by atoms with Crippen molar-refractivity contribution in [1.29, 1.82) is 0 Å². The predicted molar refractivity (Wildman–Crippen MR) is 112 cm³/mol. The second-order valence-corrected chi connectivity index (χ2v) is 8.08. The second-order valence-electron chi connectivity index (χ2n) is 6.97. The molecule has 2 amide bonds. The summed E-state index contributed by atoms with van der Waals surface area (Å²) in [6, 6.07) is 12.9. The third-order valence-electron chi connectivity index (χ3n) is 5.01. The Labute approximate surface area is 172 Å². The zero-order chi connectivity index (χ0) is 20.2. The molecular weight excluding hydrogens is 391 g/mol. The van der Waals surface area contributed by atoms with Gasteiger partial charge in [-0.15, -0.1) is 11.3 Å². The fourth-order valence-electron chi connectivity index (χ4n) is 3.43. The van der Waals surface area contributed by atoms with Crippen molar-refractivity contribution < 1.29 is 13.9 Å². The molecule has 6 nitrogen and oxygen atoms in total. The molecule has 8 heteroatoms. The van der Waals surface area contributed by atoms with Crippen LogP contribution in [-0.2, 0) is 13.1 Å². The minimum Gasteiger partial charge on any atom is -0.494 e. The molecule has 0 unspecified atom stereocenters. The van der Waals surface area contributed by atoms with E-state index in [1.807, 2.05) is 35.2 Å². The van der Waals surface area contributed by atoms with E-state index in [-0.39, 0.29) is 17.6 Å². The number of benzene rings is 2. The number of carbonyl (C=O) groups excluding carboxylic acids is 1. The van der Waals surface area contributed by atoms with Crippen molar-refractivity contribution in [3.05, 3.63) is 58.9 Å². The van der Waals surface area contributed by atoms with Crippen LogP contribution in [-0.4, -0.2) is 54.1 Å². The molecule has 29 heavy (non-hydrogen) atoms. The Morgan fingerprint density at radius 2 is 2.00 bits per heavy atom. The van der Waals surface area contributed by atoms with Crippen molar-refractivity contribution in [2.75, 3.05) is 33.3 Å². The summed E-state index contributed by atoms with van der Waals surface area (Å²) in [4.78, 5) is 21.1. The molecule has 1 aliphatic heterocycles. The first-order valence-corrected chi connectivity index (χ1v) is 10.4. The van der Waals surface area contributed by atoms with Crippen LogP contribution in [0.5, 0.6) is 5.75 Å². The van der Waals surface area contributed by atoms with Crippen LogP contribution < -0.4 is 10.1 Å². The number of aromatic nitrogens is 1. The van der Waals surface area contributed by atoms with Crippen LogP contribution in [0, 0.1) is 5.82 Å². The van der Waals surface area contributed by atoms with E-state index in [1.54, 1.807) is 17.4 Å². The van der Waals surface area contributed by atoms with Gasteiger partial charge < -0.3 is 15.0 Å². The van der Waals surface area contributed by atoms with Crippen molar-refractivity contribution in [3.8, 4) is 5.75 Å². The van der Waals surface area contributed by atoms with Gasteiger partial charge in [-0.05, 0) is 29.8 Å². The van der Waals surface area contributed by atoms with E-state index in [1.165, 1.54) is 13.2 Å². The predicted octanol–water partition coefficient (Wildman–Crippen LogP) is 3.47. The number of nitrogens with zero attached hydrogens (tertiary/aromatic N) is 3. The summed E-state index contributed by atoms with van der Waals surface area (Å²) < 4.78 is 19.9. The molecule has 3 aromatic rings. The van der Waals surface area contributed by atoms with Crippen LogP contribution in [0.3, 0.4) is 0 Å². The lowest BCUT2D eigenvalue weighted by atomic mass is 10.2. The Bertz CT molecular complexity index is 968. The van der Waals surface area contributed by atoms with E-state index in [0.29, 0.717) is 26.2 Å². The van der Waals surface area contributed by atoms with Gasteiger partial charge in [0.05, 0.1) is 23.9 Å². The zero-order valence-electron chi connectivity index (χ0n) is 16.2. The summed E-state index contributed by atoms with van der Waals surface area (Å²) in [5.74, 6) is -0.0961. The lowest BCUT2D eigenvalue weighted by Crippen LogP contribution is -2.51. The maximum atomic E-state index is 13.9. The van der Waals surface area contributed by atoms with Crippen molar-refractivity contribution in [3.63, 3.8) is 0 Å². The van der Waals surface area contributed by atoms with Gasteiger partial charge in [-0.25, -0.2) is 14.2 Å². The second kappa shape index (κ2) is 8.75. The molecule has 0 bridgehead atoms. The number of piperazine rings is 1. The molecule has 1 fully saturated rings. The molecule has 1 N–H and O–H groups in total. The number of fused-ring (bicyclic) bond motifs is 1. The number of urea groups is 1. The van der Waals surface area contributed by atoms with Crippen molar-refractivity contribution in [2.24, 2.45) is 0 Å². The number of amides is 2. The number of hydrogen-bond donors (Lipinski definition) is 1. The number of halogens is 1. The number of methoxy groups -OCH3 is 1. The summed E-state index contributed by atoms with van der Waals surface area (Å²) in [6.45, 7) is 3.88. The largest absolute Gasteiger partial charge is 0.494 e. The smallest absolute Gasteiger partial charge is 0.317 e. The minimum absolute atomic E-state index is 0.0700. The first-order valence-electron chi connectivity index (χ1n) is 9.54. The van der Waals surface area contributed by atoms with Crippen LogP contribution in [0.25, 0.3) is 10.2 Å². The van der Waals surface area contributed by atoms with E-state index < -0.39 is 0 Å². The molecule has 1 aliphatic rings. The molecule has 0 aliphatic carbocycles. The fraction of sp³-hybridized carbons (Fsp3) is 0.333. The first kappa shape index (κ1) is 19.6. The van der Waals surface area contributed by atoms with Crippen LogP contribution >= 0.6 is 11.3 Å². The van der Waals surface area contributed by atoms with E-state index in [4.69, 9.17) is 4.74 Å². The van der Waals surface area contributed by atoms with Crippen molar-refractivity contribution >= 4 is 27.6 Å². The number of ether oxygens (including phenoxy) is 1. The minimum atomic E-state index is -0.349. The normalized spacial score (nSPS) is 14.9. The SMILES string of the molecule is COc1ccc(CN2CCN(C(=O)NCc3nc4ccccc4s3)CC2)cc1F. The molecular formula is C21H23FN4O2S. The standard InChI is InChI=1S/C21H23FN4O2S/c1-28-18-7-6-15(12-16(18)22)14-25-8-10-26(11-9-25)21(27)23-13-20-24-17-4-2-3-5-19(17)29-20/h2-7,12H,8-11,13-14H2,1H3,(H,23,27). The molecule has 2 aromatic carbocycles. The summed E-state index contributed by atoms with van der Waals surface area (Å²) in [5.41, 5.74) is 1.86. The maximum absolute atomic E-state index is 13.9. The van der Waals surface area contributed by atoms with Crippen LogP contribution in [0.4, 0.5) is 9.18 Å². The summed E-state index contributed by atoms with van der Waals surface area (Å²) >= 11 is 1.60. The lowest BCUT2D eigenvalue weighted by molar-refractivity contribution is 0.135. The van der Waals surface area contributed by atoms with Crippen LogP contribution in [0.15, 0.2) is 42.5 Å². The molecule has 0 atom stereocenters. The number of nitrogens with one attached hydrogen (secondary N) is 1. The number of para-hydroxylation sites is 1. The average Bonchev–Trinajstić information content (AvgIpc) is 3.16. The quantitative estimate of drug-likeness (QED) is 0.695. The molecule has 0 spiro atoms. The Morgan fingerprint density at radius 3 is 2.72 bits per heavy atom. The first-order chi connectivity index (χ1) is 14.1. The number of thiazole rings is 1. The Balaban J connectivity index is 1.25. The van der Waals surface area contributed by atoms with Gasteiger partial charge >= 0.3 is 6.03 Å².